The average molecular weight is 486 g/mol. The number of hydrogen-bond acceptors (Lipinski definition) is 7. The van der Waals surface area contributed by atoms with Crippen LogP contribution in [0.1, 0.15) is 11.3 Å². The number of carboxylic acids is 1. The molecule has 2 heterocycles. The maximum Gasteiger partial charge on any atom is 0.322 e. The molecule has 0 unspecified atom stereocenters. The standard InChI is InChI=1S/C24H27N3O6S/c1-17-14-18(21-4-2-3-5-22(21)26-17)16-33-19-6-8-20(9-7-19)34(30,31)25-15-23(24(28)29)27-10-12-32-13-11-27/h2-9,14,23,25H,10-13,15-16H2,1H3,(H,28,29)/t23-/m0/s1. The Kier molecular flexibility index (Phi) is 7.42. The van der Waals surface area contributed by atoms with Crippen molar-refractivity contribution >= 4 is 26.9 Å². The third-order valence-corrected chi connectivity index (χ3v) is 7.14. The van der Waals surface area contributed by atoms with E-state index in [-0.39, 0.29) is 11.4 Å². The number of nitrogens with one attached hydrogen (secondary N) is 1. The van der Waals surface area contributed by atoms with Crippen LogP contribution in [0.25, 0.3) is 10.9 Å². The van der Waals surface area contributed by atoms with Gasteiger partial charge in [-0.3, -0.25) is 14.7 Å². The molecule has 0 bridgehead atoms. The van der Waals surface area contributed by atoms with Crippen LogP contribution in [0, 0.1) is 6.92 Å². The lowest BCUT2D eigenvalue weighted by Gasteiger charge is -2.31. The minimum absolute atomic E-state index is 0.0381. The molecule has 34 heavy (non-hydrogen) atoms. The summed E-state index contributed by atoms with van der Waals surface area (Å²) in [6.45, 7) is 3.74. The van der Waals surface area contributed by atoms with Crippen molar-refractivity contribution in [3.63, 3.8) is 0 Å². The summed E-state index contributed by atoms with van der Waals surface area (Å²) in [5.74, 6) is -0.554. The maximum atomic E-state index is 12.7. The van der Waals surface area contributed by atoms with Crippen molar-refractivity contribution in [3.05, 3.63) is 65.9 Å². The first-order valence-corrected chi connectivity index (χ1v) is 12.4. The SMILES string of the molecule is Cc1cc(COc2ccc(S(=O)(=O)NC[C@@H](C(=O)O)N3CCOCC3)cc2)c2ccccc2n1. The highest BCUT2D eigenvalue weighted by Crippen LogP contribution is 2.22. The monoisotopic (exact) mass is 485 g/mol. The minimum Gasteiger partial charge on any atom is -0.489 e. The van der Waals surface area contributed by atoms with Crippen LogP contribution >= 0.6 is 0 Å². The van der Waals surface area contributed by atoms with Gasteiger partial charge in [-0.25, -0.2) is 13.1 Å². The molecule has 1 atom stereocenters. The van der Waals surface area contributed by atoms with E-state index in [1.165, 1.54) is 12.1 Å². The summed E-state index contributed by atoms with van der Waals surface area (Å²) in [6.07, 6.45) is 0. The number of aryl methyl sites for hydroxylation is 1. The van der Waals surface area contributed by atoms with Gasteiger partial charge in [0, 0.05) is 36.3 Å². The van der Waals surface area contributed by atoms with Crippen LogP contribution in [0.2, 0.25) is 0 Å². The van der Waals surface area contributed by atoms with E-state index >= 15 is 0 Å². The highest BCUT2D eigenvalue weighted by atomic mass is 32.2. The summed E-state index contributed by atoms with van der Waals surface area (Å²) in [6, 6.07) is 14.9. The van der Waals surface area contributed by atoms with Crippen molar-refractivity contribution in [2.24, 2.45) is 0 Å². The minimum atomic E-state index is -3.88. The van der Waals surface area contributed by atoms with Gasteiger partial charge in [-0.15, -0.1) is 0 Å². The topological polar surface area (TPSA) is 118 Å². The van der Waals surface area contributed by atoms with Crippen LogP contribution in [-0.2, 0) is 26.2 Å². The molecule has 4 rings (SSSR count). The molecular formula is C24H27N3O6S. The maximum absolute atomic E-state index is 12.7. The van der Waals surface area contributed by atoms with E-state index < -0.39 is 22.0 Å². The Balaban J connectivity index is 1.40. The van der Waals surface area contributed by atoms with Gasteiger partial charge < -0.3 is 14.6 Å². The van der Waals surface area contributed by atoms with Crippen molar-refractivity contribution < 1.29 is 27.8 Å². The van der Waals surface area contributed by atoms with Crippen LogP contribution in [0.5, 0.6) is 5.75 Å². The molecule has 2 N–H and O–H groups in total. The number of nitrogens with zero attached hydrogens (tertiary/aromatic N) is 2. The molecule has 0 aliphatic carbocycles. The third kappa shape index (κ3) is 5.71. The van der Waals surface area contributed by atoms with Gasteiger partial charge in [0.25, 0.3) is 0 Å². The second kappa shape index (κ2) is 10.5. The van der Waals surface area contributed by atoms with Gasteiger partial charge in [-0.1, -0.05) is 18.2 Å². The zero-order chi connectivity index (χ0) is 24.1. The number of carbonyl (C=O) groups is 1. The van der Waals surface area contributed by atoms with Crippen LogP contribution in [0.3, 0.4) is 0 Å². The zero-order valence-electron chi connectivity index (χ0n) is 18.8. The average Bonchev–Trinajstić information content (AvgIpc) is 2.83. The van der Waals surface area contributed by atoms with Gasteiger partial charge >= 0.3 is 5.97 Å². The molecule has 0 radical (unpaired) electrons. The van der Waals surface area contributed by atoms with Crippen molar-refractivity contribution in [3.8, 4) is 5.75 Å². The number of hydrogen-bond donors (Lipinski definition) is 2. The summed E-state index contributed by atoms with van der Waals surface area (Å²) in [5.41, 5.74) is 2.77. The van der Waals surface area contributed by atoms with Gasteiger partial charge in [-0.2, -0.15) is 0 Å². The summed E-state index contributed by atoms with van der Waals surface area (Å²) in [7, 11) is -3.88. The molecule has 1 saturated heterocycles. The van der Waals surface area contributed by atoms with Gasteiger partial charge in [0.1, 0.15) is 18.4 Å². The lowest BCUT2D eigenvalue weighted by molar-refractivity contribution is -0.144. The Bertz CT molecular complexity index is 1260. The number of carboxylic acid groups (broad SMARTS) is 1. The lowest BCUT2D eigenvalue weighted by atomic mass is 10.1. The van der Waals surface area contributed by atoms with E-state index in [1.807, 2.05) is 37.3 Å². The highest BCUT2D eigenvalue weighted by molar-refractivity contribution is 7.89. The second-order valence-electron chi connectivity index (χ2n) is 8.05. The van der Waals surface area contributed by atoms with Crippen molar-refractivity contribution in [2.45, 2.75) is 24.5 Å². The number of para-hydroxylation sites is 1. The zero-order valence-corrected chi connectivity index (χ0v) is 19.6. The highest BCUT2D eigenvalue weighted by Gasteiger charge is 2.29. The molecule has 3 aromatic rings. The number of aromatic nitrogens is 1. The Labute approximate surface area is 198 Å². The molecule has 2 aromatic carbocycles. The molecule has 10 heteroatoms. The summed E-state index contributed by atoms with van der Waals surface area (Å²) in [4.78, 5) is 17.9. The fraction of sp³-hybridized carbons (Fsp3) is 0.333. The molecule has 1 aliphatic rings. The third-order valence-electron chi connectivity index (χ3n) is 5.70. The number of benzene rings is 2. The number of ether oxygens (including phenoxy) is 2. The molecule has 1 aromatic heterocycles. The normalized spacial score (nSPS) is 15.8. The number of aliphatic carboxylic acids is 1. The van der Waals surface area contributed by atoms with Gasteiger partial charge in [0.05, 0.1) is 23.6 Å². The van der Waals surface area contributed by atoms with E-state index in [0.29, 0.717) is 38.7 Å². The van der Waals surface area contributed by atoms with Crippen molar-refractivity contribution in [1.82, 2.24) is 14.6 Å². The van der Waals surface area contributed by atoms with Crippen molar-refractivity contribution in [2.75, 3.05) is 32.8 Å². The summed E-state index contributed by atoms with van der Waals surface area (Å²) >= 11 is 0. The quantitative estimate of drug-likeness (QED) is 0.474. The number of morpholine rings is 1. The summed E-state index contributed by atoms with van der Waals surface area (Å²) < 4.78 is 39.0. The Morgan fingerprint density at radius 1 is 1.18 bits per heavy atom. The first-order chi connectivity index (χ1) is 16.3. The predicted molar refractivity (Wildman–Crippen MR) is 126 cm³/mol. The molecule has 1 fully saturated rings. The van der Waals surface area contributed by atoms with E-state index in [9.17, 15) is 18.3 Å². The molecule has 9 nitrogen and oxygen atoms in total. The number of pyridine rings is 1. The fourth-order valence-corrected chi connectivity index (χ4v) is 4.96. The molecule has 0 saturated carbocycles. The first-order valence-electron chi connectivity index (χ1n) is 11.0. The molecule has 0 spiro atoms. The number of sulfonamides is 1. The van der Waals surface area contributed by atoms with E-state index in [1.54, 1.807) is 17.0 Å². The van der Waals surface area contributed by atoms with Crippen LogP contribution < -0.4 is 9.46 Å². The smallest absolute Gasteiger partial charge is 0.322 e. The van der Waals surface area contributed by atoms with Gasteiger partial charge in [0.2, 0.25) is 10.0 Å². The second-order valence-corrected chi connectivity index (χ2v) is 9.82. The van der Waals surface area contributed by atoms with Gasteiger partial charge in [-0.05, 0) is 43.3 Å². The van der Waals surface area contributed by atoms with Crippen LogP contribution in [0.4, 0.5) is 0 Å². The molecule has 1 aliphatic heterocycles. The van der Waals surface area contributed by atoms with E-state index in [2.05, 4.69) is 9.71 Å². The largest absolute Gasteiger partial charge is 0.489 e. The van der Waals surface area contributed by atoms with E-state index in [0.717, 1.165) is 22.2 Å². The van der Waals surface area contributed by atoms with E-state index in [4.69, 9.17) is 9.47 Å². The Morgan fingerprint density at radius 2 is 1.88 bits per heavy atom. The van der Waals surface area contributed by atoms with Crippen LogP contribution in [-0.4, -0.2) is 68.3 Å². The van der Waals surface area contributed by atoms with Gasteiger partial charge in [0.15, 0.2) is 0 Å². The number of rotatable bonds is 9. The van der Waals surface area contributed by atoms with Crippen LogP contribution in [0.15, 0.2) is 59.5 Å². The Hall–Kier alpha value is -3.05. The van der Waals surface area contributed by atoms with Crippen molar-refractivity contribution in [1.29, 1.82) is 0 Å². The lowest BCUT2D eigenvalue weighted by Crippen LogP contribution is -2.52. The molecule has 180 valence electrons. The fourth-order valence-electron chi connectivity index (χ4n) is 3.92. The first kappa shape index (κ1) is 24.1. The Morgan fingerprint density at radius 3 is 2.59 bits per heavy atom. The molecular weight excluding hydrogens is 458 g/mol. The molecule has 0 amide bonds. The predicted octanol–water partition coefficient (Wildman–Crippen LogP) is 2.19. The summed E-state index contributed by atoms with van der Waals surface area (Å²) in [5, 5.41) is 10.5. The number of fused-ring (bicyclic) bond motifs is 1.